The molecule has 1 atom stereocenters. The summed E-state index contributed by atoms with van der Waals surface area (Å²) < 4.78 is 6.00. The normalized spacial score (nSPS) is 17.9. The highest BCUT2D eigenvalue weighted by Crippen LogP contribution is 2.30. The van der Waals surface area contributed by atoms with Crippen LogP contribution in [0.2, 0.25) is 0 Å². The van der Waals surface area contributed by atoms with Crippen molar-refractivity contribution < 1.29 is 14.6 Å². The summed E-state index contributed by atoms with van der Waals surface area (Å²) in [7, 11) is 0. The topological polar surface area (TPSA) is 53.0 Å². The van der Waals surface area contributed by atoms with Gasteiger partial charge in [0, 0.05) is 31.3 Å². The first-order valence-corrected chi connectivity index (χ1v) is 13.7. The fourth-order valence-electron chi connectivity index (χ4n) is 5.58. The summed E-state index contributed by atoms with van der Waals surface area (Å²) in [5.74, 6) is 1.32. The molecule has 2 aliphatic heterocycles. The van der Waals surface area contributed by atoms with Crippen LogP contribution in [0.25, 0.3) is 16.8 Å². The van der Waals surface area contributed by atoms with Crippen LogP contribution >= 0.6 is 12.4 Å². The molecule has 0 aromatic heterocycles. The van der Waals surface area contributed by atoms with Crippen molar-refractivity contribution in [1.29, 1.82) is 0 Å². The summed E-state index contributed by atoms with van der Waals surface area (Å²) in [6, 6.07) is 23.1. The van der Waals surface area contributed by atoms with Gasteiger partial charge in [0.15, 0.2) is 0 Å². The zero-order chi connectivity index (χ0) is 25.5. The molecule has 3 aromatic rings. The smallest absolute Gasteiger partial charge is 0.246 e. The van der Waals surface area contributed by atoms with E-state index in [1.807, 2.05) is 35.2 Å². The number of carbonyl (C=O) groups excluding carboxylic acids is 1. The highest BCUT2D eigenvalue weighted by molar-refractivity contribution is 5.92. The molecule has 2 aliphatic rings. The van der Waals surface area contributed by atoms with Gasteiger partial charge in [0.2, 0.25) is 5.91 Å². The van der Waals surface area contributed by atoms with Crippen LogP contribution < -0.4 is 4.74 Å². The number of aliphatic hydroxyl groups excluding tert-OH is 1. The average Bonchev–Trinajstić information content (AvgIpc) is 2.96. The van der Waals surface area contributed by atoms with Crippen LogP contribution in [0.15, 0.2) is 72.8 Å². The monoisotopic (exact) mass is 534 g/mol. The number of benzene rings is 3. The molecule has 1 unspecified atom stereocenters. The van der Waals surface area contributed by atoms with E-state index in [2.05, 4.69) is 47.4 Å². The number of carbonyl (C=O) groups is 1. The van der Waals surface area contributed by atoms with Crippen molar-refractivity contribution in [2.45, 2.75) is 44.1 Å². The summed E-state index contributed by atoms with van der Waals surface area (Å²) >= 11 is 0. The molecule has 5 nitrogen and oxygen atoms in total. The van der Waals surface area contributed by atoms with Crippen LogP contribution in [-0.4, -0.2) is 66.2 Å². The van der Waals surface area contributed by atoms with Gasteiger partial charge in [0.1, 0.15) is 18.5 Å². The first-order chi connectivity index (χ1) is 18.2. The molecule has 0 spiro atoms. The van der Waals surface area contributed by atoms with Gasteiger partial charge in [-0.05, 0) is 79.6 Å². The number of hydrogen-bond acceptors (Lipinski definition) is 4. The number of para-hydroxylation sites is 1. The molecule has 0 saturated carbocycles. The molecule has 0 radical (unpaired) electrons. The SMILES string of the molecule is Cl.O=C(C=Cc1ccccc1OCC(O)CN1CCC(c2ccc3ccccc3c2)CC1)N1CCCCC1. The second kappa shape index (κ2) is 13.8. The molecular formula is C32H39ClN2O3. The molecule has 0 aliphatic carbocycles. The van der Waals surface area contributed by atoms with Gasteiger partial charge < -0.3 is 19.6 Å². The Bertz CT molecular complexity index is 1220. The number of likely N-dealkylation sites (tertiary alicyclic amines) is 2. The zero-order valence-electron chi connectivity index (χ0n) is 22.0. The molecule has 0 bridgehead atoms. The van der Waals surface area contributed by atoms with Gasteiger partial charge in [-0.25, -0.2) is 0 Å². The van der Waals surface area contributed by atoms with Crippen LogP contribution in [0.4, 0.5) is 0 Å². The van der Waals surface area contributed by atoms with Crippen LogP contribution in [-0.2, 0) is 4.79 Å². The third kappa shape index (κ3) is 7.37. The maximum absolute atomic E-state index is 12.5. The van der Waals surface area contributed by atoms with Crippen LogP contribution in [0.5, 0.6) is 5.75 Å². The number of fused-ring (bicyclic) bond motifs is 1. The largest absolute Gasteiger partial charge is 0.490 e. The standard InChI is InChI=1S/C32H38N2O3.ClH/c35-30(23-33-20-16-26(17-21-33)29-13-12-25-8-2-3-10-28(25)22-29)24-37-31-11-5-4-9-27(31)14-15-32(36)34-18-6-1-7-19-34;/h2-5,8-15,22,26,30,35H,1,6-7,16-21,23-24H2;1H. The number of ether oxygens (including phenoxy) is 1. The number of piperidine rings is 2. The van der Waals surface area contributed by atoms with Gasteiger partial charge in [0.25, 0.3) is 0 Å². The van der Waals surface area contributed by atoms with Gasteiger partial charge in [-0.3, -0.25) is 4.79 Å². The van der Waals surface area contributed by atoms with E-state index in [4.69, 9.17) is 4.74 Å². The van der Waals surface area contributed by atoms with Crippen molar-refractivity contribution in [3.05, 3.63) is 83.9 Å². The molecule has 1 amide bonds. The van der Waals surface area contributed by atoms with E-state index in [1.165, 1.54) is 22.8 Å². The van der Waals surface area contributed by atoms with E-state index in [9.17, 15) is 9.90 Å². The predicted molar refractivity (Wildman–Crippen MR) is 157 cm³/mol. The van der Waals surface area contributed by atoms with Crippen molar-refractivity contribution in [3.63, 3.8) is 0 Å². The minimum absolute atomic E-state index is 0. The molecular weight excluding hydrogens is 496 g/mol. The number of halogens is 1. The van der Waals surface area contributed by atoms with Gasteiger partial charge >= 0.3 is 0 Å². The Kier molecular flexibility index (Phi) is 10.2. The molecule has 2 saturated heterocycles. The molecule has 2 heterocycles. The molecule has 6 heteroatoms. The number of aliphatic hydroxyl groups is 1. The first kappa shape index (κ1) is 28.2. The number of β-amino-alcohol motifs (C(OH)–C–C–N with tert-alkyl or cyclic N) is 1. The van der Waals surface area contributed by atoms with Gasteiger partial charge in [-0.15, -0.1) is 12.4 Å². The lowest BCUT2D eigenvalue weighted by molar-refractivity contribution is -0.126. The Morgan fingerprint density at radius 2 is 1.63 bits per heavy atom. The van der Waals surface area contributed by atoms with Gasteiger partial charge in [0.05, 0.1) is 0 Å². The maximum atomic E-state index is 12.5. The van der Waals surface area contributed by atoms with E-state index in [1.54, 1.807) is 6.08 Å². The summed E-state index contributed by atoms with van der Waals surface area (Å²) in [6.45, 7) is 4.48. The molecule has 38 heavy (non-hydrogen) atoms. The van der Waals surface area contributed by atoms with Crippen LogP contribution in [0.3, 0.4) is 0 Å². The van der Waals surface area contributed by atoms with E-state index in [0.717, 1.165) is 57.4 Å². The Morgan fingerprint density at radius 3 is 2.42 bits per heavy atom. The minimum atomic E-state index is -0.566. The summed E-state index contributed by atoms with van der Waals surface area (Å²) in [5.41, 5.74) is 2.28. The van der Waals surface area contributed by atoms with Crippen molar-refractivity contribution in [1.82, 2.24) is 9.80 Å². The fraction of sp³-hybridized carbons (Fsp3) is 0.406. The Morgan fingerprint density at radius 1 is 0.921 bits per heavy atom. The van der Waals surface area contributed by atoms with Crippen LogP contribution in [0.1, 0.15) is 49.1 Å². The molecule has 5 rings (SSSR count). The number of hydrogen-bond donors (Lipinski definition) is 1. The summed E-state index contributed by atoms with van der Waals surface area (Å²) in [6.07, 6.45) is 8.48. The van der Waals surface area contributed by atoms with Gasteiger partial charge in [-0.1, -0.05) is 60.7 Å². The minimum Gasteiger partial charge on any atom is -0.490 e. The zero-order valence-corrected chi connectivity index (χ0v) is 22.8. The summed E-state index contributed by atoms with van der Waals surface area (Å²) in [4.78, 5) is 16.7. The Hall–Kier alpha value is -2.86. The maximum Gasteiger partial charge on any atom is 0.246 e. The second-order valence-electron chi connectivity index (χ2n) is 10.4. The second-order valence-corrected chi connectivity index (χ2v) is 10.4. The summed E-state index contributed by atoms with van der Waals surface area (Å²) in [5, 5.41) is 13.3. The molecule has 202 valence electrons. The van der Waals surface area contributed by atoms with Crippen molar-refractivity contribution >= 4 is 35.2 Å². The number of rotatable bonds is 8. The third-order valence-electron chi connectivity index (χ3n) is 7.72. The lowest BCUT2D eigenvalue weighted by atomic mass is 9.88. The third-order valence-corrected chi connectivity index (χ3v) is 7.72. The van der Waals surface area contributed by atoms with Crippen molar-refractivity contribution in [2.75, 3.05) is 39.3 Å². The van der Waals surface area contributed by atoms with Gasteiger partial charge in [-0.2, -0.15) is 0 Å². The molecule has 1 N–H and O–H groups in total. The van der Waals surface area contributed by atoms with Crippen molar-refractivity contribution in [3.8, 4) is 5.75 Å². The lowest BCUT2D eigenvalue weighted by Gasteiger charge is -2.33. The number of amides is 1. The van der Waals surface area contributed by atoms with E-state index in [-0.39, 0.29) is 24.9 Å². The van der Waals surface area contributed by atoms with Crippen LogP contribution in [0, 0.1) is 0 Å². The number of nitrogens with zero attached hydrogens (tertiary/aromatic N) is 2. The highest BCUT2D eigenvalue weighted by Gasteiger charge is 2.23. The molecule has 2 fully saturated rings. The lowest BCUT2D eigenvalue weighted by Crippen LogP contribution is -2.40. The van der Waals surface area contributed by atoms with E-state index in [0.29, 0.717) is 18.2 Å². The van der Waals surface area contributed by atoms with E-state index < -0.39 is 6.10 Å². The predicted octanol–water partition coefficient (Wildman–Crippen LogP) is 5.91. The van der Waals surface area contributed by atoms with Crippen molar-refractivity contribution in [2.24, 2.45) is 0 Å². The van der Waals surface area contributed by atoms with E-state index >= 15 is 0 Å². The fourth-order valence-corrected chi connectivity index (χ4v) is 5.58. The average molecular weight is 535 g/mol. The Balaban J connectivity index is 0.00000336. The first-order valence-electron chi connectivity index (χ1n) is 13.7. The quantitative estimate of drug-likeness (QED) is 0.365. The highest BCUT2D eigenvalue weighted by atomic mass is 35.5. The molecule has 3 aromatic carbocycles. The Labute approximate surface area is 232 Å².